The fourth-order valence-corrected chi connectivity index (χ4v) is 3.58. The van der Waals surface area contributed by atoms with E-state index < -0.39 is 0 Å². The number of nitrogens with zero attached hydrogens (tertiary/aromatic N) is 2. The summed E-state index contributed by atoms with van der Waals surface area (Å²) in [6, 6.07) is 19.0. The molecule has 3 aromatic rings. The van der Waals surface area contributed by atoms with Gasteiger partial charge in [0.1, 0.15) is 5.25 Å². The summed E-state index contributed by atoms with van der Waals surface area (Å²) >= 11 is 1.40. The number of Topliss-reactive ketones (excluding diaryl/α,β-unsaturated/α-hetero) is 1. The molecule has 1 unspecified atom stereocenters. The maximum atomic E-state index is 13.0. The molecule has 5 heteroatoms. The molecule has 24 heavy (non-hydrogen) atoms. The van der Waals surface area contributed by atoms with Gasteiger partial charge < -0.3 is 9.67 Å². The van der Waals surface area contributed by atoms with E-state index in [2.05, 4.69) is 4.98 Å². The predicted octanol–water partition coefficient (Wildman–Crippen LogP) is 3.63. The summed E-state index contributed by atoms with van der Waals surface area (Å²) < 4.78 is 1.82. The fraction of sp³-hybridized carbons (Fsp3) is 0.158. The zero-order valence-corrected chi connectivity index (χ0v) is 14.1. The summed E-state index contributed by atoms with van der Waals surface area (Å²) in [6.45, 7) is -0.0767. The van der Waals surface area contributed by atoms with Crippen molar-refractivity contribution in [1.82, 2.24) is 9.55 Å². The minimum Gasteiger partial charge on any atom is -0.390 e. The summed E-state index contributed by atoms with van der Waals surface area (Å²) in [5.74, 6) is 0.0420. The lowest BCUT2D eigenvalue weighted by Gasteiger charge is -2.16. The van der Waals surface area contributed by atoms with Gasteiger partial charge >= 0.3 is 0 Å². The number of aromatic nitrogens is 2. The number of rotatable bonds is 6. The number of thioether (sulfide) groups is 1. The standard InChI is InChI=1S/C19H18N2O2S/c1-21-16(13-22)12-20-19(21)24-18(15-10-6-3-7-11-15)17(23)14-8-4-2-5-9-14/h2-12,18,22H,13H2,1H3. The van der Waals surface area contributed by atoms with Crippen LogP contribution in [0, 0.1) is 0 Å². The molecule has 1 atom stereocenters. The van der Waals surface area contributed by atoms with E-state index in [0.717, 1.165) is 11.3 Å². The topological polar surface area (TPSA) is 55.1 Å². The number of hydrogen-bond donors (Lipinski definition) is 1. The second kappa shape index (κ2) is 7.47. The molecule has 122 valence electrons. The van der Waals surface area contributed by atoms with Crippen LogP contribution in [0.4, 0.5) is 0 Å². The van der Waals surface area contributed by atoms with Crippen LogP contribution in [0.5, 0.6) is 0 Å². The van der Waals surface area contributed by atoms with Crippen molar-refractivity contribution in [3.63, 3.8) is 0 Å². The van der Waals surface area contributed by atoms with Gasteiger partial charge in [-0.3, -0.25) is 4.79 Å². The minimum atomic E-state index is -0.388. The summed E-state index contributed by atoms with van der Waals surface area (Å²) in [5.41, 5.74) is 2.33. The van der Waals surface area contributed by atoms with Crippen LogP contribution < -0.4 is 0 Å². The Bertz CT molecular complexity index is 816. The van der Waals surface area contributed by atoms with E-state index in [1.807, 2.05) is 72.3 Å². The molecule has 0 saturated heterocycles. The number of aliphatic hydroxyl groups is 1. The molecule has 0 spiro atoms. The average Bonchev–Trinajstić information content (AvgIpc) is 3.00. The number of carbonyl (C=O) groups excluding carboxylic acids is 1. The van der Waals surface area contributed by atoms with E-state index in [1.54, 1.807) is 6.20 Å². The molecular weight excluding hydrogens is 320 g/mol. The Kier molecular flexibility index (Phi) is 5.13. The van der Waals surface area contributed by atoms with E-state index in [4.69, 9.17) is 0 Å². The van der Waals surface area contributed by atoms with Crippen molar-refractivity contribution >= 4 is 17.5 Å². The molecule has 0 bridgehead atoms. The first kappa shape index (κ1) is 16.5. The Balaban J connectivity index is 1.96. The fourth-order valence-electron chi connectivity index (χ4n) is 2.44. The van der Waals surface area contributed by atoms with Crippen molar-refractivity contribution in [1.29, 1.82) is 0 Å². The molecule has 2 aromatic carbocycles. The van der Waals surface area contributed by atoms with Crippen LogP contribution in [0.1, 0.15) is 26.9 Å². The van der Waals surface area contributed by atoms with E-state index in [9.17, 15) is 9.90 Å². The number of benzene rings is 2. The van der Waals surface area contributed by atoms with Crippen molar-refractivity contribution in [2.45, 2.75) is 17.0 Å². The molecule has 0 aliphatic carbocycles. The number of aliphatic hydroxyl groups excluding tert-OH is 1. The largest absolute Gasteiger partial charge is 0.390 e. The SMILES string of the molecule is Cn1c(CO)cnc1SC(C(=O)c1ccccc1)c1ccccc1. The lowest BCUT2D eigenvalue weighted by molar-refractivity contribution is 0.0989. The number of carbonyl (C=O) groups is 1. The number of ketones is 1. The molecule has 0 radical (unpaired) electrons. The van der Waals surface area contributed by atoms with Gasteiger partial charge in [-0.15, -0.1) is 0 Å². The van der Waals surface area contributed by atoms with Crippen molar-refractivity contribution in [3.8, 4) is 0 Å². The van der Waals surface area contributed by atoms with E-state index >= 15 is 0 Å². The summed E-state index contributed by atoms with van der Waals surface area (Å²) in [6.07, 6.45) is 1.64. The lowest BCUT2D eigenvalue weighted by Crippen LogP contribution is -2.11. The van der Waals surface area contributed by atoms with Crippen LogP contribution in [-0.2, 0) is 13.7 Å². The highest BCUT2D eigenvalue weighted by atomic mass is 32.2. The molecule has 0 aliphatic heterocycles. The van der Waals surface area contributed by atoms with Crippen molar-refractivity contribution in [2.75, 3.05) is 0 Å². The van der Waals surface area contributed by atoms with Crippen LogP contribution >= 0.6 is 11.8 Å². The van der Waals surface area contributed by atoms with Gasteiger partial charge in [0.25, 0.3) is 0 Å². The molecule has 0 fully saturated rings. The monoisotopic (exact) mass is 338 g/mol. The smallest absolute Gasteiger partial charge is 0.180 e. The van der Waals surface area contributed by atoms with Gasteiger partial charge in [0.2, 0.25) is 0 Å². The molecule has 1 aromatic heterocycles. The Morgan fingerprint density at radius 2 is 1.75 bits per heavy atom. The molecular formula is C19H18N2O2S. The third kappa shape index (κ3) is 3.42. The first-order valence-electron chi connectivity index (χ1n) is 7.63. The van der Waals surface area contributed by atoms with E-state index in [-0.39, 0.29) is 17.6 Å². The molecule has 0 amide bonds. The zero-order valence-electron chi connectivity index (χ0n) is 13.3. The zero-order chi connectivity index (χ0) is 16.9. The van der Waals surface area contributed by atoms with Gasteiger partial charge in [0.05, 0.1) is 18.5 Å². The van der Waals surface area contributed by atoms with Crippen LogP contribution in [-0.4, -0.2) is 20.4 Å². The highest BCUT2D eigenvalue weighted by Gasteiger charge is 2.25. The molecule has 1 N–H and O–H groups in total. The number of hydrogen-bond acceptors (Lipinski definition) is 4. The molecule has 0 aliphatic rings. The Labute approximate surface area is 145 Å². The molecule has 0 saturated carbocycles. The first-order valence-corrected chi connectivity index (χ1v) is 8.51. The first-order chi connectivity index (χ1) is 11.7. The normalized spacial score (nSPS) is 12.1. The lowest BCUT2D eigenvalue weighted by atomic mass is 10.0. The maximum absolute atomic E-state index is 13.0. The number of imidazole rings is 1. The highest BCUT2D eigenvalue weighted by molar-refractivity contribution is 8.00. The van der Waals surface area contributed by atoms with E-state index in [1.165, 1.54) is 11.8 Å². The van der Waals surface area contributed by atoms with Gasteiger partial charge in [-0.25, -0.2) is 4.98 Å². The summed E-state index contributed by atoms with van der Waals surface area (Å²) in [4.78, 5) is 17.4. The van der Waals surface area contributed by atoms with Crippen molar-refractivity contribution in [2.24, 2.45) is 7.05 Å². The maximum Gasteiger partial charge on any atom is 0.180 e. The van der Waals surface area contributed by atoms with Gasteiger partial charge in [-0.2, -0.15) is 0 Å². The predicted molar refractivity (Wildman–Crippen MR) is 94.9 cm³/mol. The van der Waals surface area contributed by atoms with Gasteiger partial charge in [0.15, 0.2) is 10.9 Å². The Morgan fingerprint density at radius 1 is 1.12 bits per heavy atom. The third-order valence-corrected chi connectivity index (χ3v) is 5.14. The quantitative estimate of drug-likeness (QED) is 0.551. The average molecular weight is 338 g/mol. The van der Waals surface area contributed by atoms with Gasteiger partial charge in [-0.1, -0.05) is 72.4 Å². The highest BCUT2D eigenvalue weighted by Crippen LogP contribution is 2.37. The van der Waals surface area contributed by atoms with Gasteiger partial charge in [-0.05, 0) is 5.56 Å². The van der Waals surface area contributed by atoms with E-state index in [0.29, 0.717) is 10.7 Å². The Morgan fingerprint density at radius 3 is 2.33 bits per heavy atom. The second-order valence-electron chi connectivity index (χ2n) is 5.39. The van der Waals surface area contributed by atoms with Crippen molar-refractivity contribution < 1.29 is 9.90 Å². The van der Waals surface area contributed by atoms with Crippen LogP contribution in [0.3, 0.4) is 0 Å². The summed E-state index contributed by atoms with van der Waals surface area (Å²) in [5, 5.41) is 9.65. The molecule has 4 nitrogen and oxygen atoms in total. The third-order valence-electron chi connectivity index (χ3n) is 3.83. The molecule has 3 rings (SSSR count). The van der Waals surface area contributed by atoms with Crippen LogP contribution in [0.2, 0.25) is 0 Å². The minimum absolute atomic E-state index is 0.0420. The second-order valence-corrected chi connectivity index (χ2v) is 6.46. The van der Waals surface area contributed by atoms with Gasteiger partial charge in [0, 0.05) is 12.6 Å². The Hall–Kier alpha value is -2.37. The summed E-state index contributed by atoms with van der Waals surface area (Å²) in [7, 11) is 1.84. The van der Waals surface area contributed by atoms with Crippen LogP contribution in [0.25, 0.3) is 0 Å². The molecule has 1 heterocycles. The van der Waals surface area contributed by atoms with Crippen molar-refractivity contribution in [3.05, 3.63) is 83.7 Å². The van der Waals surface area contributed by atoms with Crippen LogP contribution in [0.15, 0.2) is 72.0 Å².